The Morgan fingerprint density at radius 3 is 2.42 bits per heavy atom. The van der Waals surface area contributed by atoms with Crippen LogP contribution in [0.25, 0.3) is 11.3 Å². The number of hydrogen-bond donors (Lipinski definition) is 1. The lowest BCUT2D eigenvalue weighted by atomic mass is 10.1. The van der Waals surface area contributed by atoms with Gasteiger partial charge in [0.1, 0.15) is 0 Å². The van der Waals surface area contributed by atoms with Crippen molar-refractivity contribution in [2.45, 2.75) is 37.6 Å². The van der Waals surface area contributed by atoms with Gasteiger partial charge in [-0.25, -0.2) is 0 Å². The van der Waals surface area contributed by atoms with Gasteiger partial charge in [0, 0.05) is 23.8 Å². The normalized spacial score (nSPS) is 12.1. The highest BCUT2D eigenvalue weighted by Gasteiger charge is 2.23. The summed E-state index contributed by atoms with van der Waals surface area (Å²) < 4.78 is 3.17. The molecule has 0 aliphatic carbocycles. The number of fused-ring (bicyclic) bond motifs is 1. The van der Waals surface area contributed by atoms with Crippen LogP contribution in [0.2, 0.25) is 0 Å². The summed E-state index contributed by atoms with van der Waals surface area (Å²) in [7, 11) is 0. The maximum Gasteiger partial charge on any atom is 0.300 e. The van der Waals surface area contributed by atoms with Crippen LogP contribution in [0.5, 0.6) is 0 Å². The van der Waals surface area contributed by atoms with Crippen LogP contribution < -0.4 is 10.9 Å². The molecule has 2 heterocycles. The highest BCUT2D eigenvalue weighted by Crippen LogP contribution is 2.27. The first-order valence-corrected chi connectivity index (χ1v) is 10.9. The summed E-state index contributed by atoms with van der Waals surface area (Å²) >= 11 is 1.30. The number of para-hydroxylation sites is 2. The van der Waals surface area contributed by atoms with Crippen molar-refractivity contribution in [1.82, 2.24) is 19.2 Å². The zero-order chi connectivity index (χ0) is 22.0. The SMILES string of the molecule is CC[C@H](Sc1nnc2c(=O)n(-c3ccccc3)ccn12)C(=O)Nc1c(C)cccc1C. The van der Waals surface area contributed by atoms with E-state index in [0.29, 0.717) is 11.6 Å². The molecule has 4 rings (SSSR count). The maximum absolute atomic E-state index is 13.0. The number of aryl methyl sites for hydroxylation is 2. The van der Waals surface area contributed by atoms with Gasteiger partial charge in [0.15, 0.2) is 5.16 Å². The predicted octanol–water partition coefficient (Wildman–Crippen LogP) is 4.01. The molecule has 0 radical (unpaired) electrons. The van der Waals surface area contributed by atoms with Gasteiger partial charge in [0.25, 0.3) is 0 Å². The second kappa shape index (κ2) is 8.77. The molecule has 31 heavy (non-hydrogen) atoms. The summed E-state index contributed by atoms with van der Waals surface area (Å²) in [5.74, 6) is -0.0979. The third-order valence-electron chi connectivity index (χ3n) is 5.11. The number of rotatable bonds is 6. The van der Waals surface area contributed by atoms with Crippen molar-refractivity contribution in [3.8, 4) is 5.69 Å². The zero-order valence-corrected chi connectivity index (χ0v) is 18.4. The minimum atomic E-state index is -0.372. The van der Waals surface area contributed by atoms with E-state index < -0.39 is 0 Å². The Balaban J connectivity index is 1.60. The summed E-state index contributed by atoms with van der Waals surface area (Å²) in [5.41, 5.74) is 3.58. The molecule has 7 nitrogen and oxygen atoms in total. The molecule has 0 unspecified atom stereocenters. The van der Waals surface area contributed by atoms with Crippen molar-refractivity contribution in [1.29, 1.82) is 0 Å². The quantitative estimate of drug-likeness (QED) is 0.465. The van der Waals surface area contributed by atoms with Crippen LogP contribution in [0.1, 0.15) is 24.5 Å². The molecule has 1 amide bonds. The zero-order valence-electron chi connectivity index (χ0n) is 17.6. The highest BCUT2D eigenvalue weighted by atomic mass is 32.2. The number of thioether (sulfide) groups is 1. The third kappa shape index (κ3) is 4.11. The number of carbonyl (C=O) groups is 1. The molecule has 0 fully saturated rings. The van der Waals surface area contributed by atoms with Crippen molar-refractivity contribution in [3.05, 3.63) is 82.4 Å². The van der Waals surface area contributed by atoms with E-state index in [1.54, 1.807) is 16.8 Å². The van der Waals surface area contributed by atoms with Crippen molar-refractivity contribution in [3.63, 3.8) is 0 Å². The van der Waals surface area contributed by atoms with Crippen LogP contribution in [-0.4, -0.2) is 30.3 Å². The molecule has 0 aliphatic heterocycles. The van der Waals surface area contributed by atoms with Crippen LogP contribution >= 0.6 is 11.8 Å². The first kappa shape index (κ1) is 20.9. The van der Waals surface area contributed by atoms with Crippen LogP contribution in [0.15, 0.2) is 70.9 Å². The van der Waals surface area contributed by atoms with Gasteiger partial charge < -0.3 is 5.32 Å². The molecule has 0 aliphatic rings. The average molecular weight is 434 g/mol. The van der Waals surface area contributed by atoms with E-state index in [1.165, 1.54) is 16.3 Å². The number of aromatic nitrogens is 4. The molecular weight excluding hydrogens is 410 g/mol. The molecule has 0 spiro atoms. The Morgan fingerprint density at radius 1 is 1.03 bits per heavy atom. The fourth-order valence-electron chi connectivity index (χ4n) is 3.40. The van der Waals surface area contributed by atoms with Crippen LogP contribution in [0.3, 0.4) is 0 Å². The number of amides is 1. The standard InChI is InChI=1S/C23H23N5O2S/c1-4-18(21(29)24-19-15(2)9-8-10-16(19)3)31-23-26-25-20-22(30)27(13-14-28(20)23)17-11-6-5-7-12-17/h5-14,18H,4H2,1-3H3,(H,24,29)/t18-/m0/s1. The molecule has 2 aromatic carbocycles. The van der Waals surface area contributed by atoms with E-state index in [1.807, 2.05) is 69.3 Å². The monoisotopic (exact) mass is 433 g/mol. The fraction of sp³-hybridized carbons (Fsp3) is 0.217. The van der Waals surface area contributed by atoms with E-state index in [4.69, 9.17) is 0 Å². The van der Waals surface area contributed by atoms with Gasteiger partial charge in [0.2, 0.25) is 11.6 Å². The lowest BCUT2D eigenvalue weighted by molar-refractivity contribution is -0.115. The molecule has 0 saturated carbocycles. The summed E-state index contributed by atoms with van der Waals surface area (Å²) in [4.78, 5) is 25.9. The fourth-order valence-corrected chi connectivity index (χ4v) is 4.34. The summed E-state index contributed by atoms with van der Waals surface area (Å²) in [6, 6.07) is 15.3. The molecule has 1 N–H and O–H groups in total. The van der Waals surface area contributed by atoms with E-state index >= 15 is 0 Å². The van der Waals surface area contributed by atoms with Crippen LogP contribution in [0.4, 0.5) is 5.69 Å². The molecule has 0 saturated heterocycles. The molecule has 158 valence electrons. The maximum atomic E-state index is 13.0. The van der Waals surface area contributed by atoms with E-state index in [0.717, 1.165) is 22.5 Å². The molecule has 8 heteroatoms. The number of benzene rings is 2. The average Bonchev–Trinajstić information content (AvgIpc) is 3.19. The van der Waals surface area contributed by atoms with E-state index in [2.05, 4.69) is 15.5 Å². The topological polar surface area (TPSA) is 81.3 Å². The summed E-state index contributed by atoms with van der Waals surface area (Å²) in [5, 5.41) is 11.5. The summed E-state index contributed by atoms with van der Waals surface area (Å²) in [6.45, 7) is 5.90. The molecular formula is C23H23N5O2S. The Bertz CT molecular complexity index is 1280. The molecule has 0 bridgehead atoms. The molecule has 4 aromatic rings. The Kier molecular flexibility index (Phi) is 5.90. The molecule has 1 atom stereocenters. The lowest BCUT2D eigenvalue weighted by Crippen LogP contribution is -2.26. The third-order valence-corrected chi connectivity index (χ3v) is 6.44. The largest absolute Gasteiger partial charge is 0.325 e. The number of carbonyl (C=O) groups excluding carboxylic acids is 1. The van der Waals surface area contributed by atoms with Crippen molar-refractivity contribution in [2.24, 2.45) is 0 Å². The highest BCUT2D eigenvalue weighted by molar-refractivity contribution is 8.00. The Labute approximate surface area is 184 Å². The van der Waals surface area contributed by atoms with Gasteiger partial charge in [0.05, 0.1) is 5.25 Å². The van der Waals surface area contributed by atoms with Gasteiger partial charge in [-0.05, 0) is 43.5 Å². The van der Waals surface area contributed by atoms with Gasteiger partial charge in [-0.1, -0.05) is 55.1 Å². The second-order valence-electron chi connectivity index (χ2n) is 7.26. The van der Waals surface area contributed by atoms with Gasteiger partial charge in [-0.15, -0.1) is 10.2 Å². The first-order chi connectivity index (χ1) is 15.0. The van der Waals surface area contributed by atoms with Crippen LogP contribution in [0, 0.1) is 13.8 Å². The van der Waals surface area contributed by atoms with Crippen molar-refractivity contribution in [2.75, 3.05) is 5.32 Å². The second-order valence-corrected chi connectivity index (χ2v) is 8.43. The smallest absolute Gasteiger partial charge is 0.300 e. The van der Waals surface area contributed by atoms with Crippen molar-refractivity contribution >= 4 is 29.0 Å². The first-order valence-electron chi connectivity index (χ1n) is 10.0. The summed E-state index contributed by atoms with van der Waals surface area (Å²) in [6.07, 6.45) is 4.05. The van der Waals surface area contributed by atoms with Gasteiger partial charge in [-0.2, -0.15) is 0 Å². The Hall–Kier alpha value is -3.39. The number of hydrogen-bond acceptors (Lipinski definition) is 5. The lowest BCUT2D eigenvalue weighted by Gasteiger charge is -2.16. The van der Waals surface area contributed by atoms with Crippen molar-refractivity contribution < 1.29 is 4.79 Å². The number of nitrogens with zero attached hydrogens (tertiary/aromatic N) is 4. The van der Waals surface area contributed by atoms with Gasteiger partial charge in [-0.3, -0.25) is 18.6 Å². The van der Waals surface area contributed by atoms with E-state index in [9.17, 15) is 9.59 Å². The predicted molar refractivity (Wildman–Crippen MR) is 123 cm³/mol. The van der Waals surface area contributed by atoms with E-state index in [-0.39, 0.29) is 22.4 Å². The van der Waals surface area contributed by atoms with Crippen LogP contribution in [-0.2, 0) is 4.79 Å². The minimum absolute atomic E-state index is 0.0979. The number of nitrogens with one attached hydrogen (secondary N) is 1. The Morgan fingerprint density at radius 2 is 1.74 bits per heavy atom. The molecule has 2 aromatic heterocycles. The van der Waals surface area contributed by atoms with Gasteiger partial charge >= 0.3 is 5.56 Å². The minimum Gasteiger partial charge on any atom is -0.325 e. The number of anilines is 1.